The van der Waals surface area contributed by atoms with Gasteiger partial charge in [-0.05, 0) is 30.5 Å². The summed E-state index contributed by atoms with van der Waals surface area (Å²) in [6.07, 6.45) is 1.25. The highest BCUT2D eigenvalue weighted by molar-refractivity contribution is 5.38. The van der Waals surface area contributed by atoms with E-state index in [1.807, 2.05) is 13.1 Å². The Morgan fingerprint density at radius 3 is 2.41 bits per heavy atom. The molecule has 0 fully saturated rings. The normalized spacial score (nSPS) is 13.5. The highest BCUT2D eigenvalue weighted by atomic mass is 16.5. The predicted molar refractivity (Wildman–Crippen MR) is 73.8 cm³/mol. The Bertz CT molecular complexity index is 341. The van der Waals surface area contributed by atoms with E-state index in [1.165, 1.54) is 5.56 Å². The molecule has 1 aromatic rings. The van der Waals surface area contributed by atoms with E-state index in [0.29, 0.717) is 0 Å². The van der Waals surface area contributed by atoms with E-state index in [0.717, 1.165) is 18.7 Å². The second kappa shape index (κ2) is 6.06. The summed E-state index contributed by atoms with van der Waals surface area (Å²) in [5, 5.41) is 3.17. The average molecular weight is 235 g/mol. The molecule has 0 amide bonds. The van der Waals surface area contributed by atoms with Gasteiger partial charge in [-0.2, -0.15) is 0 Å². The molecule has 1 unspecified atom stereocenters. The Morgan fingerprint density at radius 2 is 1.88 bits per heavy atom. The van der Waals surface area contributed by atoms with Crippen molar-refractivity contribution in [2.24, 2.45) is 0 Å². The molecule has 0 radical (unpaired) electrons. The smallest absolute Gasteiger partial charge is 0.123 e. The molecule has 1 rings (SSSR count). The molecule has 0 aliphatic heterocycles. The second-order valence-corrected chi connectivity index (χ2v) is 5.45. The van der Waals surface area contributed by atoms with Crippen molar-refractivity contribution < 1.29 is 4.74 Å². The van der Waals surface area contributed by atoms with Crippen molar-refractivity contribution in [2.75, 3.05) is 13.6 Å². The first-order valence-electron chi connectivity index (χ1n) is 6.39. The van der Waals surface area contributed by atoms with E-state index < -0.39 is 0 Å². The topological polar surface area (TPSA) is 21.3 Å². The number of hydrogen-bond acceptors (Lipinski definition) is 2. The zero-order chi connectivity index (χ0) is 12.9. The first kappa shape index (κ1) is 14.0. The van der Waals surface area contributed by atoms with Crippen LogP contribution in [-0.2, 0) is 5.41 Å². The van der Waals surface area contributed by atoms with Crippen molar-refractivity contribution in [3.05, 3.63) is 29.8 Å². The maximum absolute atomic E-state index is 6.10. The van der Waals surface area contributed by atoms with Gasteiger partial charge in [-0.25, -0.2) is 0 Å². The van der Waals surface area contributed by atoms with Gasteiger partial charge in [0.15, 0.2) is 0 Å². The minimum absolute atomic E-state index is 0.120. The molecule has 1 atom stereocenters. The standard InChI is InChI=1S/C15H25NO/c1-6-12(11-16-5)17-14-10-8-7-9-13(14)15(2,3)4/h7-10,12,16H,6,11H2,1-5H3. The highest BCUT2D eigenvalue weighted by Crippen LogP contribution is 2.31. The number of rotatable bonds is 5. The SMILES string of the molecule is CCC(CNC)Oc1ccccc1C(C)(C)C. The van der Waals surface area contributed by atoms with Gasteiger partial charge in [0, 0.05) is 6.54 Å². The van der Waals surface area contributed by atoms with Crippen molar-refractivity contribution >= 4 is 0 Å². The molecule has 0 saturated carbocycles. The van der Waals surface area contributed by atoms with E-state index in [1.54, 1.807) is 0 Å². The van der Waals surface area contributed by atoms with Crippen molar-refractivity contribution in [1.82, 2.24) is 5.32 Å². The fourth-order valence-electron chi connectivity index (χ4n) is 1.87. The zero-order valence-electron chi connectivity index (χ0n) is 11.7. The summed E-state index contributed by atoms with van der Waals surface area (Å²) in [4.78, 5) is 0. The minimum atomic E-state index is 0.120. The summed E-state index contributed by atoms with van der Waals surface area (Å²) < 4.78 is 6.10. The van der Waals surface area contributed by atoms with Gasteiger partial charge >= 0.3 is 0 Å². The van der Waals surface area contributed by atoms with Crippen LogP contribution in [-0.4, -0.2) is 19.7 Å². The lowest BCUT2D eigenvalue weighted by Crippen LogP contribution is -2.29. The van der Waals surface area contributed by atoms with Crippen LogP contribution in [0.25, 0.3) is 0 Å². The van der Waals surface area contributed by atoms with Crippen LogP contribution in [0, 0.1) is 0 Å². The Kier molecular flexibility index (Phi) is 5.01. The van der Waals surface area contributed by atoms with E-state index in [-0.39, 0.29) is 11.5 Å². The molecule has 0 spiro atoms. The monoisotopic (exact) mass is 235 g/mol. The van der Waals surface area contributed by atoms with Crippen LogP contribution in [0.5, 0.6) is 5.75 Å². The Morgan fingerprint density at radius 1 is 1.24 bits per heavy atom. The van der Waals surface area contributed by atoms with Crippen molar-refractivity contribution in [3.8, 4) is 5.75 Å². The number of benzene rings is 1. The van der Waals surface area contributed by atoms with Gasteiger partial charge in [0.25, 0.3) is 0 Å². The van der Waals surface area contributed by atoms with E-state index in [9.17, 15) is 0 Å². The average Bonchev–Trinajstić information content (AvgIpc) is 2.27. The molecule has 0 aliphatic carbocycles. The lowest BCUT2D eigenvalue weighted by atomic mass is 9.86. The number of hydrogen-bond donors (Lipinski definition) is 1. The molecule has 0 aliphatic rings. The lowest BCUT2D eigenvalue weighted by Gasteiger charge is -2.25. The van der Waals surface area contributed by atoms with Gasteiger partial charge in [0.2, 0.25) is 0 Å². The minimum Gasteiger partial charge on any atom is -0.489 e. The molecule has 17 heavy (non-hydrogen) atoms. The second-order valence-electron chi connectivity index (χ2n) is 5.45. The van der Waals surface area contributed by atoms with Crippen LogP contribution >= 0.6 is 0 Å². The molecule has 0 saturated heterocycles. The molecular formula is C15H25NO. The van der Waals surface area contributed by atoms with E-state index in [4.69, 9.17) is 4.74 Å². The van der Waals surface area contributed by atoms with E-state index in [2.05, 4.69) is 51.2 Å². The fraction of sp³-hybridized carbons (Fsp3) is 0.600. The third-order valence-electron chi connectivity index (χ3n) is 2.88. The Labute approximate surface area is 105 Å². The zero-order valence-corrected chi connectivity index (χ0v) is 11.7. The van der Waals surface area contributed by atoms with Crippen LogP contribution < -0.4 is 10.1 Å². The van der Waals surface area contributed by atoms with Gasteiger partial charge in [0.05, 0.1) is 0 Å². The van der Waals surface area contributed by atoms with Crippen LogP contribution in [0.15, 0.2) is 24.3 Å². The van der Waals surface area contributed by atoms with Crippen molar-refractivity contribution in [1.29, 1.82) is 0 Å². The highest BCUT2D eigenvalue weighted by Gasteiger charge is 2.19. The molecular weight excluding hydrogens is 210 g/mol. The summed E-state index contributed by atoms with van der Waals surface area (Å²) in [7, 11) is 1.96. The number of ether oxygens (including phenoxy) is 1. The largest absolute Gasteiger partial charge is 0.489 e. The number of nitrogens with one attached hydrogen (secondary N) is 1. The summed E-state index contributed by atoms with van der Waals surface area (Å²) >= 11 is 0. The molecule has 1 N–H and O–H groups in total. The predicted octanol–water partition coefficient (Wildman–Crippen LogP) is 3.36. The number of para-hydroxylation sites is 1. The first-order chi connectivity index (χ1) is 7.99. The van der Waals surface area contributed by atoms with Gasteiger partial charge in [-0.15, -0.1) is 0 Å². The lowest BCUT2D eigenvalue weighted by molar-refractivity contribution is 0.192. The Balaban J connectivity index is 2.90. The Hall–Kier alpha value is -1.02. The first-order valence-corrected chi connectivity index (χ1v) is 6.39. The molecule has 1 aromatic carbocycles. The maximum atomic E-state index is 6.10. The summed E-state index contributed by atoms with van der Waals surface area (Å²) in [5.74, 6) is 1.02. The van der Waals surface area contributed by atoms with Crippen molar-refractivity contribution in [2.45, 2.75) is 45.6 Å². The number of likely N-dealkylation sites (N-methyl/N-ethyl adjacent to an activating group) is 1. The molecule has 96 valence electrons. The molecule has 2 heteroatoms. The van der Waals surface area contributed by atoms with Gasteiger partial charge in [-0.3, -0.25) is 0 Å². The van der Waals surface area contributed by atoms with E-state index >= 15 is 0 Å². The molecule has 0 heterocycles. The van der Waals surface area contributed by atoms with Crippen LogP contribution in [0.3, 0.4) is 0 Å². The van der Waals surface area contributed by atoms with Gasteiger partial charge < -0.3 is 10.1 Å². The third kappa shape index (κ3) is 4.04. The maximum Gasteiger partial charge on any atom is 0.123 e. The quantitative estimate of drug-likeness (QED) is 0.845. The summed E-state index contributed by atoms with van der Waals surface area (Å²) in [6.45, 7) is 9.69. The van der Waals surface area contributed by atoms with Crippen LogP contribution in [0.2, 0.25) is 0 Å². The molecule has 2 nitrogen and oxygen atoms in total. The van der Waals surface area contributed by atoms with Crippen LogP contribution in [0.4, 0.5) is 0 Å². The third-order valence-corrected chi connectivity index (χ3v) is 2.88. The molecule has 0 bridgehead atoms. The van der Waals surface area contributed by atoms with Crippen LogP contribution in [0.1, 0.15) is 39.7 Å². The van der Waals surface area contributed by atoms with Gasteiger partial charge in [0.1, 0.15) is 11.9 Å². The van der Waals surface area contributed by atoms with Gasteiger partial charge in [-0.1, -0.05) is 45.9 Å². The summed E-state index contributed by atoms with van der Waals surface area (Å²) in [5.41, 5.74) is 1.39. The summed E-state index contributed by atoms with van der Waals surface area (Å²) in [6, 6.07) is 8.34. The molecule has 0 aromatic heterocycles. The van der Waals surface area contributed by atoms with Crippen molar-refractivity contribution in [3.63, 3.8) is 0 Å². The fourth-order valence-corrected chi connectivity index (χ4v) is 1.87.